The molecule has 0 amide bonds. The molecule has 18 heavy (non-hydrogen) atoms. The maximum Gasteiger partial charge on any atom is 0.118 e. The normalized spacial score (nSPS) is 12.4. The minimum Gasteiger partial charge on any atom is -0.497 e. The Balaban J connectivity index is 2.60. The molecule has 1 aromatic carbocycles. The number of benzene rings is 1. The van der Waals surface area contributed by atoms with Gasteiger partial charge in [0.1, 0.15) is 5.75 Å². The summed E-state index contributed by atoms with van der Waals surface area (Å²) >= 11 is 0. The average Bonchev–Trinajstić information content (AvgIpc) is 2.43. The Labute approximate surface area is 110 Å². The monoisotopic (exact) mass is 251 g/mol. The summed E-state index contributed by atoms with van der Waals surface area (Å²) in [6.45, 7) is 6.99. The van der Waals surface area contributed by atoms with E-state index in [4.69, 9.17) is 9.47 Å². The van der Waals surface area contributed by atoms with Crippen LogP contribution in [0.4, 0.5) is 0 Å². The lowest BCUT2D eigenvalue weighted by molar-refractivity contribution is 0.0531. The van der Waals surface area contributed by atoms with Gasteiger partial charge < -0.3 is 14.8 Å². The van der Waals surface area contributed by atoms with E-state index in [2.05, 4.69) is 31.3 Å². The van der Waals surface area contributed by atoms with Gasteiger partial charge in [-0.3, -0.25) is 0 Å². The second-order valence-electron chi connectivity index (χ2n) is 4.34. The van der Waals surface area contributed by atoms with Gasteiger partial charge in [-0.15, -0.1) is 0 Å². The molecule has 0 aliphatic heterocycles. The van der Waals surface area contributed by atoms with Gasteiger partial charge >= 0.3 is 0 Å². The van der Waals surface area contributed by atoms with Crippen LogP contribution in [-0.2, 0) is 4.74 Å². The van der Waals surface area contributed by atoms with Crippen LogP contribution in [0.25, 0.3) is 0 Å². The maximum atomic E-state index is 5.89. The van der Waals surface area contributed by atoms with E-state index in [1.54, 1.807) is 7.11 Å². The Hall–Kier alpha value is -1.06. The van der Waals surface area contributed by atoms with Crippen molar-refractivity contribution in [3.05, 3.63) is 29.8 Å². The van der Waals surface area contributed by atoms with Crippen LogP contribution in [0.3, 0.4) is 0 Å². The molecule has 0 aliphatic rings. The van der Waals surface area contributed by atoms with Crippen LogP contribution < -0.4 is 10.1 Å². The quantitative estimate of drug-likeness (QED) is 0.684. The van der Waals surface area contributed by atoms with E-state index in [1.165, 1.54) is 5.56 Å². The highest BCUT2D eigenvalue weighted by Crippen LogP contribution is 2.20. The Morgan fingerprint density at radius 1 is 1.11 bits per heavy atom. The number of hydrogen-bond acceptors (Lipinski definition) is 3. The zero-order valence-electron chi connectivity index (χ0n) is 11.7. The van der Waals surface area contributed by atoms with Gasteiger partial charge in [-0.25, -0.2) is 0 Å². The van der Waals surface area contributed by atoms with Crippen LogP contribution >= 0.6 is 0 Å². The molecule has 3 nitrogen and oxygen atoms in total. The minimum absolute atomic E-state index is 0.127. The molecule has 3 heteroatoms. The fourth-order valence-corrected chi connectivity index (χ4v) is 1.76. The highest BCUT2D eigenvalue weighted by Gasteiger charge is 2.11. The van der Waals surface area contributed by atoms with Crippen LogP contribution in [0.2, 0.25) is 0 Å². The van der Waals surface area contributed by atoms with E-state index in [1.807, 2.05) is 12.1 Å². The highest BCUT2D eigenvalue weighted by atomic mass is 16.5. The van der Waals surface area contributed by atoms with Gasteiger partial charge in [-0.05, 0) is 37.1 Å². The summed E-state index contributed by atoms with van der Waals surface area (Å²) in [6.07, 6.45) is 2.31. The number of rotatable bonds is 9. The number of hydrogen-bond donors (Lipinski definition) is 1. The van der Waals surface area contributed by atoms with Crippen molar-refractivity contribution in [3.63, 3.8) is 0 Å². The van der Waals surface area contributed by atoms with Crippen molar-refractivity contribution in [1.82, 2.24) is 5.32 Å². The predicted molar refractivity (Wildman–Crippen MR) is 75.1 cm³/mol. The molecule has 0 radical (unpaired) electrons. The standard InChI is InChI=1S/C15H25NO2/c1-4-10-16-12-15(18-11-5-2)13-6-8-14(17-3)9-7-13/h6-9,15-16H,4-5,10-12H2,1-3H3. The third-order valence-electron chi connectivity index (χ3n) is 2.77. The smallest absolute Gasteiger partial charge is 0.118 e. The Kier molecular flexibility index (Phi) is 7.46. The van der Waals surface area contributed by atoms with E-state index in [0.29, 0.717) is 0 Å². The highest BCUT2D eigenvalue weighted by molar-refractivity contribution is 5.28. The van der Waals surface area contributed by atoms with Crippen molar-refractivity contribution in [2.75, 3.05) is 26.8 Å². The molecule has 0 heterocycles. The molecule has 1 unspecified atom stereocenters. The fraction of sp³-hybridized carbons (Fsp3) is 0.600. The average molecular weight is 251 g/mol. The SMILES string of the molecule is CCCNCC(OCCC)c1ccc(OC)cc1. The van der Waals surface area contributed by atoms with Gasteiger partial charge in [0.25, 0.3) is 0 Å². The summed E-state index contributed by atoms with van der Waals surface area (Å²) in [7, 11) is 1.68. The van der Waals surface area contributed by atoms with E-state index in [-0.39, 0.29) is 6.10 Å². The van der Waals surface area contributed by atoms with E-state index < -0.39 is 0 Å². The third-order valence-corrected chi connectivity index (χ3v) is 2.77. The van der Waals surface area contributed by atoms with Gasteiger partial charge in [-0.2, -0.15) is 0 Å². The number of methoxy groups -OCH3 is 1. The molecule has 1 N–H and O–H groups in total. The van der Waals surface area contributed by atoms with Crippen LogP contribution in [0, 0.1) is 0 Å². The van der Waals surface area contributed by atoms with Crippen LogP contribution in [0.5, 0.6) is 5.75 Å². The molecular weight excluding hydrogens is 226 g/mol. The van der Waals surface area contributed by atoms with Crippen molar-refractivity contribution >= 4 is 0 Å². The summed E-state index contributed by atoms with van der Waals surface area (Å²) in [5.41, 5.74) is 1.20. The molecule has 0 saturated heterocycles. The van der Waals surface area contributed by atoms with E-state index in [9.17, 15) is 0 Å². The molecule has 0 fully saturated rings. The lowest BCUT2D eigenvalue weighted by atomic mass is 10.1. The zero-order chi connectivity index (χ0) is 13.2. The van der Waals surface area contributed by atoms with Crippen molar-refractivity contribution in [2.24, 2.45) is 0 Å². The maximum absolute atomic E-state index is 5.89. The molecule has 0 aliphatic carbocycles. The molecule has 1 atom stereocenters. The second kappa shape index (κ2) is 8.95. The fourth-order valence-electron chi connectivity index (χ4n) is 1.76. The first-order valence-corrected chi connectivity index (χ1v) is 6.78. The first-order chi connectivity index (χ1) is 8.81. The van der Waals surface area contributed by atoms with Crippen LogP contribution in [0.1, 0.15) is 38.4 Å². The van der Waals surface area contributed by atoms with Gasteiger partial charge in [0.15, 0.2) is 0 Å². The molecule has 0 aromatic heterocycles. The van der Waals surface area contributed by atoms with Crippen molar-refractivity contribution in [3.8, 4) is 5.75 Å². The largest absolute Gasteiger partial charge is 0.497 e. The number of ether oxygens (including phenoxy) is 2. The molecule has 1 aromatic rings. The lowest BCUT2D eigenvalue weighted by Crippen LogP contribution is -2.24. The summed E-state index contributed by atoms with van der Waals surface area (Å²) in [4.78, 5) is 0. The predicted octanol–water partition coefficient (Wildman–Crippen LogP) is 3.16. The summed E-state index contributed by atoms with van der Waals surface area (Å²) < 4.78 is 11.1. The molecule has 102 valence electrons. The second-order valence-corrected chi connectivity index (χ2v) is 4.34. The molecule has 0 saturated carbocycles. The van der Waals surface area contributed by atoms with Crippen LogP contribution in [-0.4, -0.2) is 26.8 Å². The first-order valence-electron chi connectivity index (χ1n) is 6.78. The van der Waals surface area contributed by atoms with Gasteiger partial charge in [0.05, 0.1) is 13.2 Å². The molecule has 0 spiro atoms. The Bertz CT molecular complexity index is 311. The summed E-state index contributed by atoms with van der Waals surface area (Å²) in [6, 6.07) is 8.12. The Morgan fingerprint density at radius 2 is 1.83 bits per heavy atom. The van der Waals surface area contributed by atoms with Crippen LogP contribution in [0.15, 0.2) is 24.3 Å². The summed E-state index contributed by atoms with van der Waals surface area (Å²) in [5, 5.41) is 3.41. The lowest BCUT2D eigenvalue weighted by Gasteiger charge is -2.19. The van der Waals surface area contributed by atoms with Gasteiger partial charge in [-0.1, -0.05) is 26.0 Å². The zero-order valence-corrected chi connectivity index (χ0v) is 11.7. The van der Waals surface area contributed by atoms with E-state index in [0.717, 1.165) is 38.3 Å². The van der Waals surface area contributed by atoms with Crippen molar-refractivity contribution in [2.45, 2.75) is 32.8 Å². The van der Waals surface area contributed by atoms with Crippen molar-refractivity contribution in [1.29, 1.82) is 0 Å². The Morgan fingerprint density at radius 3 is 2.39 bits per heavy atom. The molecule has 1 rings (SSSR count). The first kappa shape index (κ1) is 15.0. The summed E-state index contributed by atoms with van der Waals surface area (Å²) in [5.74, 6) is 0.884. The topological polar surface area (TPSA) is 30.5 Å². The minimum atomic E-state index is 0.127. The van der Waals surface area contributed by atoms with Gasteiger partial charge in [0, 0.05) is 13.2 Å². The van der Waals surface area contributed by atoms with Gasteiger partial charge in [0.2, 0.25) is 0 Å². The molecule has 0 bridgehead atoms. The van der Waals surface area contributed by atoms with E-state index >= 15 is 0 Å². The third kappa shape index (κ3) is 5.07. The number of nitrogens with one attached hydrogen (secondary N) is 1. The van der Waals surface area contributed by atoms with Crippen molar-refractivity contribution < 1.29 is 9.47 Å². The molecular formula is C15H25NO2.